The van der Waals surface area contributed by atoms with E-state index >= 15 is 0 Å². The molecule has 0 spiro atoms. The molecule has 2 rings (SSSR count). The molecule has 0 aromatic carbocycles. The van der Waals surface area contributed by atoms with Crippen molar-refractivity contribution in [1.29, 1.82) is 0 Å². The highest BCUT2D eigenvalue weighted by molar-refractivity contribution is 8.20. The van der Waals surface area contributed by atoms with Crippen molar-refractivity contribution < 1.29 is 9.90 Å². The van der Waals surface area contributed by atoms with Crippen LogP contribution in [-0.2, 0) is 4.79 Å². The van der Waals surface area contributed by atoms with Crippen LogP contribution in [0.3, 0.4) is 0 Å². The molecule has 2 aliphatic rings. The maximum Gasteiger partial charge on any atom is 0.148 e. The van der Waals surface area contributed by atoms with Crippen molar-refractivity contribution >= 4 is 53.3 Å². The van der Waals surface area contributed by atoms with Gasteiger partial charge in [-0.1, -0.05) is 0 Å². The zero-order valence-electron chi connectivity index (χ0n) is 8.96. The Morgan fingerprint density at radius 1 is 1.12 bits per heavy atom. The fourth-order valence-electron chi connectivity index (χ4n) is 1.75. The van der Waals surface area contributed by atoms with Crippen molar-refractivity contribution in [2.24, 2.45) is 0 Å². The first-order valence-corrected chi connectivity index (χ1v) is 9.51. The summed E-state index contributed by atoms with van der Waals surface area (Å²) in [5.41, 5.74) is 0. The zero-order chi connectivity index (χ0) is 11.4. The van der Waals surface area contributed by atoms with Crippen LogP contribution in [0.2, 0.25) is 0 Å². The number of aldehydes is 1. The number of carbonyl (C=O) groups excluding carboxylic acids is 1. The Balaban J connectivity index is 2.03. The predicted molar refractivity (Wildman–Crippen MR) is 77.7 cm³/mol. The van der Waals surface area contributed by atoms with Gasteiger partial charge in [-0.15, -0.1) is 47.0 Å². The smallest absolute Gasteiger partial charge is 0.148 e. The number of carbonyl (C=O) groups is 1. The van der Waals surface area contributed by atoms with Crippen LogP contribution in [0.4, 0.5) is 0 Å². The number of aliphatic hydroxyl groups excluding tert-OH is 1. The van der Waals surface area contributed by atoms with Crippen LogP contribution >= 0.6 is 47.0 Å². The second kappa shape index (κ2) is 6.27. The zero-order valence-corrected chi connectivity index (χ0v) is 12.2. The summed E-state index contributed by atoms with van der Waals surface area (Å²) >= 11 is 6.87. The minimum absolute atomic E-state index is 0.178. The van der Waals surface area contributed by atoms with Gasteiger partial charge in [-0.2, -0.15) is 0 Å². The number of hydrogen-bond acceptors (Lipinski definition) is 6. The van der Waals surface area contributed by atoms with E-state index in [0.29, 0.717) is 0 Å². The maximum atomic E-state index is 11.3. The van der Waals surface area contributed by atoms with Gasteiger partial charge >= 0.3 is 0 Å². The first-order chi connectivity index (χ1) is 7.78. The van der Waals surface area contributed by atoms with Crippen LogP contribution in [-0.4, -0.2) is 49.2 Å². The quantitative estimate of drug-likeness (QED) is 0.806. The largest absolute Gasteiger partial charge is 0.388 e. The molecule has 0 aromatic rings. The Bertz CT molecular complexity index is 237. The maximum absolute atomic E-state index is 11.3. The molecule has 0 aromatic heterocycles. The molecular formula is C10H16O2S4. The standard InChI is InChI=1S/C10H16O2S4/c11-7-10(15-5-2-6-16-10)8(12)9-13-3-1-4-14-9/h7-9,12H,1-6H2. The van der Waals surface area contributed by atoms with Gasteiger partial charge in [-0.25, -0.2) is 0 Å². The lowest BCUT2D eigenvalue weighted by molar-refractivity contribution is -0.109. The van der Waals surface area contributed by atoms with E-state index < -0.39 is 10.2 Å². The third-order valence-electron chi connectivity index (χ3n) is 2.63. The molecule has 16 heavy (non-hydrogen) atoms. The molecule has 1 N–H and O–H groups in total. The van der Waals surface area contributed by atoms with E-state index in [1.54, 1.807) is 47.0 Å². The summed E-state index contributed by atoms with van der Waals surface area (Å²) in [6.45, 7) is 0. The van der Waals surface area contributed by atoms with Crippen LogP contribution in [0.25, 0.3) is 0 Å². The number of thioether (sulfide) groups is 4. The van der Waals surface area contributed by atoms with Gasteiger partial charge in [0.05, 0.1) is 4.58 Å². The van der Waals surface area contributed by atoms with E-state index in [-0.39, 0.29) is 4.58 Å². The molecule has 6 heteroatoms. The van der Waals surface area contributed by atoms with E-state index in [9.17, 15) is 9.90 Å². The van der Waals surface area contributed by atoms with Crippen molar-refractivity contribution in [1.82, 2.24) is 0 Å². The van der Waals surface area contributed by atoms with E-state index in [0.717, 1.165) is 35.7 Å². The normalized spacial score (nSPS) is 28.6. The predicted octanol–water partition coefficient (Wildman–Crippen LogP) is 2.31. The highest BCUT2D eigenvalue weighted by Gasteiger charge is 2.45. The highest BCUT2D eigenvalue weighted by Crippen LogP contribution is 2.48. The molecular weight excluding hydrogens is 280 g/mol. The Hall–Kier alpha value is 1.03. The lowest BCUT2D eigenvalue weighted by atomic mass is 10.3. The average molecular weight is 297 g/mol. The topological polar surface area (TPSA) is 37.3 Å². The van der Waals surface area contributed by atoms with Crippen LogP contribution < -0.4 is 0 Å². The van der Waals surface area contributed by atoms with Gasteiger partial charge < -0.3 is 9.90 Å². The second-order valence-electron chi connectivity index (χ2n) is 3.80. The fraction of sp³-hybridized carbons (Fsp3) is 0.900. The second-order valence-corrected chi connectivity index (χ2v) is 9.60. The van der Waals surface area contributed by atoms with Crippen LogP contribution in [0.15, 0.2) is 0 Å². The van der Waals surface area contributed by atoms with E-state index in [2.05, 4.69) is 0 Å². The molecule has 2 saturated heterocycles. The van der Waals surface area contributed by atoms with Gasteiger partial charge in [0.25, 0.3) is 0 Å². The van der Waals surface area contributed by atoms with Gasteiger partial charge in [0.2, 0.25) is 0 Å². The van der Waals surface area contributed by atoms with Gasteiger partial charge in [-0.3, -0.25) is 0 Å². The minimum atomic E-state index is -0.597. The molecule has 1 unspecified atom stereocenters. The average Bonchev–Trinajstić information content (AvgIpc) is 2.39. The molecule has 0 aliphatic carbocycles. The number of aliphatic hydroxyl groups is 1. The fourth-order valence-corrected chi connectivity index (χ4v) is 8.10. The van der Waals surface area contributed by atoms with Gasteiger partial charge in [0.1, 0.15) is 16.5 Å². The van der Waals surface area contributed by atoms with Crippen LogP contribution in [0, 0.1) is 0 Å². The van der Waals surface area contributed by atoms with E-state index in [1.807, 2.05) is 0 Å². The summed E-state index contributed by atoms with van der Waals surface area (Å²) in [6.07, 6.45) is 2.81. The summed E-state index contributed by atoms with van der Waals surface area (Å²) in [6, 6.07) is 0. The summed E-state index contributed by atoms with van der Waals surface area (Å²) in [5.74, 6) is 4.20. The van der Waals surface area contributed by atoms with Crippen molar-refractivity contribution in [3.05, 3.63) is 0 Å². The van der Waals surface area contributed by atoms with Crippen molar-refractivity contribution in [3.63, 3.8) is 0 Å². The molecule has 1 atom stereocenters. The Morgan fingerprint density at radius 2 is 1.69 bits per heavy atom. The minimum Gasteiger partial charge on any atom is -0.388 e. The Labute approximate surface area is 113 Å². The third-order valence-corrected chi connectivity index (χ3v) is 8.94. The molecule has 0 amide bonds. The lowest BCUT2D eigenvalue weighted by Crippen LogP contribution is -2.45. The molecule has 2 fully saturated rings. The molecule has 92 valence electrons. The van der Waals surface area contributed by atoms with E-state index in [1.165, 1.54) is 6.42 Å². The molecule has 2 heterocycles. The summed E-state index contributed by atoms with van der Waals surface area (Å²) in [4.78, 5) is 11.3. The summed E-state index contributed by atoms with van der Waals surface area (Å²) < 4.78 is -0.419. The molecule has 0 radical (unpaired) electrons. The van der Waals surface area contributed by atoms with Gasteiger partial charge in [0.15, 0.2) is 0 Å². The van der Waals surface area contributed by atoms with Crippen LogP contribution in [0.5, 0.6) is 0 Å². The monoisotopic (exact) mass is 296 g/mol. The number of rotatable bonds is 3. The van der Waals surface area contributed by atoms with Crippen LogP contribution in [0.1, 0.15) is 12.8 Å². The van der Waals surface area contributed by atoms with Gasteiger partial charge in [-0.05, 0) is 35.9 Å². The summed E-state index contributed by atoms with van der Waals surface area (Å²) in [7, 11) is 0. The SMILES string of the molecule is O=CC1(C(O)C2SCCCS2)SCCCS1. The molecule has 2 nitrogen and oxygen atoms in total. The first kappa shape index (κ1) is 13.5. The lowest BCUT2D eigenvalue weighted by Gasteiger charge is -2.39. The van der Waals surface area contributed by atoms with Crippen molar-refractivity contribution in [2.45, 2.75) is 27.6 Å². The number of hydrogen-bond donors (Lipinski definition) is 1. The molecule has 0 bridgehead atoms. The van der Waals surface area contributed by atoms with Crippen molar-refractivity contribution in [2.75, 3.05) is 23.0 Å². The Kier molecular flexibility index (Phi) is 5.28. The van der Waals surface area contributed by atoms with Gasteiger partial charge in [0, 0.05) is 0 Å². The first-order valence-electron chi connectivity index (χ1n) is 5.44. The Morgan fingerprint density at radius 3 is 2.25 bits per heavy atom. The van der Waals surface area contributed by atoms with E-state index in [4.69, 9.17) is 0 Å². The molecule has 2 aliphatic heterocycles. The summed E-state index contributed by atoms with van der Waals surface area (Å²) in [5, 5.41) is 10.4. The van der Waals surface area contributed by atoms with Crippen molar-refractivity contribution in [3.8, 4) is 0 Å². The molecule has 0 saturated carbocycles. The highest BCUT2D eigenvalue weighted by atomic mass is 32.2. The third kappa shape index (κ3) is 2.88.